The summed E-state index contributed by atoms with van der Waals surface area (Å²) in [4.78, 5) is 26.0. The molecule has 0 bridgehead atoms. The van der Waals surface area contributed by atoms with Crippen molar-refractivity contribution in [3.8, 4) is 0 Å². The van der Waals surface area contributed by atoms with Gasteiger partial charge in [-0.3, -0.25) is 18.6 Å². The minimum atomic E-state index is -0.410. The van der Waals surface area contributed by atoms with Crippen LogP contribution in [0.25, 0.3) is 21.8 Å². The van der Waals surface area contributed by atoms with E-state index in [2.05, 4.69) is 30.8 Å². The van der Waals surface area contributed by atoms with Gasteiger partial charge in [0.2, 0.25) is 0 Å². The van der Waals surface area contributed by atoms with Crippen LogP contribution in [0.5, 0.6) is 0 Å². The summed E-state index contributed by atoms with van der Waals surface area (Å²) >= 11 is 1.48. The second-order valence-electron chi connectivity index (χ2n) is 7.92. The van der Waals surface area contributed by atoms with Gasteiger partial charge in [-0.05, 0) is 29.7 Å². The fourth-order valence-corrected chi connectivity index (χ4v) is 4.87. The molecule has 0 aliphatic rings. The van der Waals surface area contributed by atoms with Gasteiger partial charge in [0.15, 0.2) is 5.65 Å². The van der Waals surface area contributed by atoms with Gasteiger partial charge in [0.1, 0.15) is 10.4 Å². The third kappa shape index (κ3) is 4.03. The van der Waals surface area contributed by atoms with Gasteiger partial charge in [-0.15, -0.1) is 11.8 Å². The average molecular weight is 451 g/mol. The van der Waals surface area contributed by atoms with Gasteiger partial charge in [-0.25, -0.2) is 4.79 Å². The fourth-order valence-electron chi connectivity index (χ4n) is 3.83. The van der Waals surface area contributed by atoms with Crippen molar-refractivity contribution in [1.29, 1.82) is 0 Å². The minimum absolute atomic E-state index is 0.0702. The van der Waals surface area contributed by atoms with Crippen LogP contribution in [0.3, 0.4) is 0 Å². The van der Waals surface area contributed by atoms with Crippen molar-refractivity contribution in [1.82, 2.24) is 18.9 Å². The Kier molecular flexibility index (Phi) is 6.34. The van der Waals surface area contributed by atoms with Crippen molar-refractivity contribution in [2.45, 2.75) is 31.5 Å². The number of hydrogen-bond acceptors (Lipinski definition) is 5. The SMILES string of the molecule is C=C(C)Cn1c(=O)n(C)c(=O)c2c(SCCCO)n(Cc3cccc4ccccc34)nc21. The molecule has 0 amide bonds. The summed E-state index contributed by atoms with van der Waals surface area (Å²) in [7, 11) is 1.49. The Bertz CT molecular complexity index is 1430. The van der Waals surface area contributed by atoms with Crippen LogP contribution in [0.2, 0.25) is 0 Å². The molecule has 0 unspecified atom stereocenters. The number of aliphatic hydroxyl groups excluding tert-OH is 1. The van der Waals surface area contributed by atoms with E-state index in [0.29, 0.717) is 34.8 Å². The number of aromatic nitrogens is 4. The van der Waals surface area contributed by atoms with Crippen molar-refractivity contribution in [3.05, 3.63) is 81.0 Å². The first kappa shape index (κ1) is 22.1. The quantitative estimate of drug-likeness (QED) is 0.253. The molecule has 0 fully saturated rings. The molecule has 0 aliphatic heterocycles. The van der Waals surface area contributed by atoms with E-state index in [1.54, 1.807) is 0 Å². The molecule has 7 nitrogen and oxygen atoms in total. The zero-order valence-corrected chi connectivity index (χ0v) is 19.1. The predicted octanol–water partition coefficient (Wildman–Crippen LogP) is 3.15. The Morgan fingerprint density at radius 2 is 1.91 bits per heavy atom. The molecule has 0 atom stereocenters. The molecule has 0 saturated heterocycles. The number of hydrogen-bond donors (Lipinski definition) is 1. The molecule has 0 radical (unpaired) electrons. The summed E-state index contributed by atoms with van der Waals surface area (Å²) in [5.74, 6) is 0.635. The Morgan fingerprint density at radius 1 is 1.16 bits per heavy atom. The highest BCUT2D eigenvalue weighted by molar-refractivity contribution is 7.99. The first-order chi connectivity index (χ1) is 15.4. The third-order valence-corrected chi connectivity index (χ3v) is 6.53. The lowest BCUT2D eigenvalue weighted by Gasteiger charge is -2.10. The Labute approximate surface area is 189 Å². The molecule has 2 heterocycles. The van der Waals surface area contributed by atoms with Crippen molar-refractivity contribution >= 4 is 33.6 Å². The summed E-state index contributed by atoms with van der Waals surface area (Å²) in [5, 5.41) is 17.4. The van der Waals surface area contributed by atoms with E-state index >= 15 is 0 Å². The Balaban J connectivity index is 1.95. The van der Waals surface area contributed by atoms with Crippen LogP contribution >= 0.6 is 11.8 Å². The molecule has 4 aromatic rings. The van der Waals surface area contributed by atoms with Crippen LogP contribution in [-0.2, 0) is 20.1 Å². The molecule has 2 aromatic heterocycles. The molecule has 0 aliphatic carbocycles. The monoisotopic (exact) mass is 450 g/mol. The van der Waals surface area contributed by atoms with Gasteiger partial charge in [-0.1, -0.05) is 54.6 Å². The lowest BCUT2D eigenvalue weighted by Crippen LogP contribution is -2.38. The third-order valence-electron chi connectivity index (χ3n) is 5.35. The van der Waals surface area contributed by atoms with Gasteiger partial charge in [0.05, 0.1) is 6.54 Å². The highest BCUT2D eigenvalue weighted by atomic mass is 32.2. The Hall–Kier alpha value is -3.10. The summed E-state index contributed by atoms with van der Waals surface area (Å²) < 4.78 is 4.45. The fraction of sp³-hybridized carbons (Fsp3) is 0.292. The molecular weight excluding hydrogens is 424 g/mol. The van der Waals surface area contributed by atoms with Crippen LogP contribution < -0.4 is 11.2 Å². The van der Waals surface area contributed by atoms with Crippen molar-refractivity contribution in [2.24, 2.45) is 7.05 Å². The van der Waals surface area contributed by atoms with Crippen molar-refractivity contribution < 1.29 is 5.11 Å². The average Bonchev–Trinajstić information content (AvgIpc) is 3.13. The lowest BCUT2D eigenvalue weighted by atomic mass is 10.0. The summed E-state index contributed by atoms with van der Waals surface area (Å²) in [6.07, 6.45) is 0.595. The van der Waals surface area contributed by atoms with Crippen LogP contribution in [0.15, 0.2) is 69.2 Å². The number of nitrogens with zero attached hydrogens (tertiary/aromatic N) is 4. The zero-order chi connectivity index (χ0) is 22.8. The Morgan fingerprint density at radius 3 is 2.66 bits per heavy atom. The topological polar surface area (TPSA) is 82.0 Å². The molecular formula is C24H26N4O3S. The van der Waals surface area contributed by atoms with E-state index in [1.807, 2.05) is 29.8 Å². The minimum Gasteiger partial charge on any atom is -0.396 e. The maximum absolute atomic E-state index is 13.1. The number of fused-ring (bicyclic) bond motifs is 2. The van der Waals surface area contributed by atoms with E-state index in [9.17, 15) is 14.7 Å². The molecule has 2 aromatic carbocycles. The largest absolute Gasteiger partial charge is 0.396 e. The van der Waals surface area contributed by atoms with Crippen LogP contribution in [0.1, 0.15) is 18.9 Å². The number of allylic oxidation sites excluding steroid dienone is 1. The molecule has 0 spiro atoms. The van der Waals surface area contributed by atoms with Crippen molar-refractivity contribution in [2.75, 3.05) is 12.4 Å². The summed E-state index contributed by atoms with van der Waals surface area (Å²) in [6.45, 7) is 6.59. The van der Waals surface area contributed by atoms with E-state index in [4.69, 9.17) is 5.10 Å². The van der Waals surface area contributed by atoms with Crippen LogP contribution in [-0.4, -0.2) is 36.4 Å². The number of thioether (sulfide) groups is 1. The smallest absolute Gasteiger partial charge is 0.332 e. The first-order valence-corrected chi connectivity index (χ1v) is 11.5. The van der Waals surface area contributed by atoms with E-state index < -0.39 is 5.69 Å². The predicted molar refractivity (Wildman–Crippen MR) is 130 cm³/mol. The second kappa shape index (κ2) is 9.18. The molecule has 4 rings (SSSR count). The molecule has 0 saturated carbocycles. The zero-order valence-electron chi connectivity index (χ0n) is 18.2. The maximum Gasteiger partial charge on any atom is 0.332 e. The standard InChI is InChI=1S/C24H26N4O3S/c1-16(2)14-27-21-20(22(30)26(3)24(27)31)23(32-13-7-12-29)28(25-21)15-18-10-6-9-17-8-4-5-11-19(17)18/h4-6,8-11,29H,1,7,12-15H2,2-3H3. The number of rotatable bonds is 8. The molecule has 166 valence electrons. The first-order valence-electron chi connectivity index (χ1n) is 10.5. The van der Waals surface area contributed by atoms with Gasteiger partial charge in [0, 0.05) is 26.0 Å². The highest BCUT2D eigenvalue weighted by Crippen LogP contribution is 2.28. The second-order valence-corrected chi connectivity index (χ2v) is 9.00. The van der Waals surface area contributed by atoms with Gasteiger partial charge >= 0.3 is 5.69 Å². The van der Waals surface area contributed by atoms with Crippen LogP contribution in [0, 0.1) is 0 Å². The van der Waals surface area contributed by atoms with Gasteiger partial charge < -0.3 is 5.11 Å². The molecule has 8 heteroatoms. The normalized spacial score (nSPS) is 11.5. The maximum atomic E-state index is 13.1. The summed E-state index contributed by atoms with van der Waals surface area (Å²) in [6, 6.07) is 14.3. The van der Waals surface area contributed by atoms with E-state index in [-0.39, 0.29) is 18.7 Å². The summed E-state index contributed by atoms with van der Waals surface area (Å²) in [5.41, 5.74) is 1.47. The van der Waals surface area contributed by atoms with E-state index in [0.717, 1.165) is 26.5 Å². The van der Waals surface area contributed by atoms with Crippen LogP contribution in [0.4, 0.5) is 0 Å². The van der Waals surface area contributed by atoms with Gasteiger partial charge in [0.25, 0.3) is 5.56 Å². The number of aliphatic hydroxyl groups is 1. The van der Waals surface area contributed by atoms with E-state index in [1.165, 1.54) is 23.4 Å². The highest BCUT2D eigenvalue weighted by Gasteiger charge is 2.22. The van der Waals surface area contributed by atoms with Crippen molar-refractivity contribution in [3.63, 3.8) is 0 Å². The molecule has 1 N–H and O–H groups in total. The number of benzene rings is 2. The lowest BCUT2D eigenvalue weighted by molar-refractivity contribution is 0.296. The molecule has 32 heavy (non-hydrogen) atoms. The van der Waals surface area contributed by atoms with Gasteiger partial charge in [-0.2, -0.15) is 5.10 Å².